The average Bonchev–Trinajstić information content (AvgIpc) is 2.26. The Labute approximate surface area is 96.6 Å². The maximum atomic E-state index is 11.6. The van der Waals surface area contributed by atoms with Crippen LogP contribution in [0.1, 0.15) is 20.8 Å². The van der Waals surface area contributed by atoms with Crippen molar-refractivity contribution in [1.29, 1.82) is 0 Å². The summed E-state index contributed by atoms with van der Waals surface area (Å²) >= 11 is 0. The number of rotatable bonds is 6. The minimum Gasteiger partial charge on any atom is -0.465 e. The molecule has 0 saturated heterocycles. The summed E-state index contributed by atoms with van der Waals surface area (Å²) in [6.45, 7) is 6.24. The molecule has 4 heteroatoms. The predicted molar refractivity (Wildman–Crippen MR) is 62.8 cm³/mol. The van der Waals surface area contributed by atoms with Gasteiger partial charge in [-0.05, 0) is 20.8 Å². The van der Waals surface area contributed by atoms with E-state index in [9.17, 15) is 9.59 Å². The summed E-state index contributed by atoms with van der Waals surface area (Å²) in [7, 11) is 0. The Kier molecular flexibility index (Phi) is 7.85. The van der Waals surface area contributed by atoms with Crippen LogP contribution < -0.4 is 0 Å². The van der Waals surface area contributed by atoms with Crippen molar-refractivity contribution in [1.82, 2.24) is 4.90 Å². The van der Waals surface area contributed by atoms with E-state index in [1.807, 2.05) is 19.9 Å². The molecule has 0 atom stereocenters. The van der Waals surface area contributed by atoms with Gasteiger partial charge in [-0.1, -0.05) is 18.2 Å². The van der Waals surface area contributed by atoms with Gasteiger partial charge >= 0.3 is 5.97 Å². The van der Waals surface area contributed by atoms with Gasteiger partial charge in [-0.15, -0.1) is 0 Å². The number of ether oxygens (including phenoxy) is 1. The van der Waals surface area contributed by atoms with Crippen LogP contribution in [0.25, 0.3) is 0 Å². The number of carbonyl (C=O) groups excluding carboxylic acids is 2. The molecule has 0 N–H and O–H groups in total. The fraction of sp³-hybridized carbons (Fsp3) is 0.500. The molecule has 0 unspecified atom stereocenters. The predicted octanol–water partition coefficient (Wildman–Crippen LogP) is 1.53. The molecular weight excluding hydrogens is 206 g/mol. The van der Waals surface area contributed by atoms with Crippen LogP contribution in [0.2, 0.25) is 0 Å². The molecule has 0 bridgehead atoms. The summed E-state index contributed by atoms with van der Waals surface area (Å²) in [5.41, 5.74) is 0. The number of amides is 1. The molecule has 0 aromatic rings. The molecule has 0 radical (unpaired) electrons. The van der Waals surface area contributed by atoms with Gasteiger partial charge in [-0.2, -0.15) is 0 Å². The van der Waals surface area contributed by atoms with Gasteiger partial charge in [0.1, 0.15) is 6.54 Å². The molecule has 0 saturated carbocycles. The fourth-order valence-corrected chi connectivity index (χ4v) is 1.06. The van der Waals surface area contributed by atoms with Gasteiger partial charge in [0.25, 0.3) is 0 Å². The molecule has 0 aliphatic carbocycles. The number of hydrogen-bond acceptors (Lipinski definition) is 3. The van der Waals surface area contributed by atoms with E-state index in [0.29, 0.717) is 13.2 Å². The molecule has 0 rings (SSSR count). The molecule has 16 heavy (non-hydrogen) atoms. The van der Waals surface area contributed by atoms with E-state index in [0.717, 1.165) is 0 Å². The molecule has 1 amide bonds. The highest BCUT2D eigenvalue weighted by Crippen LogP contribution is 1.93. The Balaban J connectivity index is 4.26. The van der Waals surface area contributed by atoms with Crippen molar-refractivity contribution < 1.29 is 14.3 Å². The molecule has 0 fully saturated rings. The van der Waals surface area contributed by atoms with Crippen LogP contribution in [0.4, 0.5) is 0 Å². The van der Waals surface area contributed by atoms with Crippen LogP contribution in [0, 0.1) is 0 Å². The molecule has 4 nitrogen and oxygen atoms in total. The van der Waals surface area contributed by atoms with Gasteiger partial charge in [0.15, 0.2) is 0 Å². The van der Waals surface area contributed by atoms with E-state index >= 15 is 0 Å². The second-order valence-corrected chi connectivity index (χ2v) is 3.04. The Bertz CT molecular complexity index is 282. The molecule has 0 aliphatic heterocycles. The van der Waals surface area contributed by atoms with Crippen LogP contribution in [0.5, 0.6) is 0 Å². The third-order valence-electron chi connectivity index (χ3n) is 1.86. The summed E-state index contributed by atoms with van der Waals surface area (Å²) < 4.78 is 4.78. The highest BCUT2D eigenvalue weighted by Gasteiger charge is 2.13. The standard InChI is InChI=1S/C12H19NO3/c1-4-7-8-9-11(14)13(5-2)10-12(15)16-6-3/h4,7-9H,5-6,10H2,1-3H3/b7-4+,9-8+. The molecule has 0 heterocycles. The summed E-state index contributed by atoms with van der Waals surface area (Å²) in [5, 5.41) is 0. The van der Waals surface area contributed by atoms with E-state index in [1.54, 1.807) is 19.1 Å². The number of carbonyl (C=O) groups is 2. The van der Waals surface area contributed by atoms with E-state index in [-0.39, 0.29) is 18.4 Å². The smallest absolute Gasteiger partial charge is 0.325 e. The maximum absolute atomic E-state index is 11.6. The normalized spacial score (nSPS) is 10.9. The van der Waals surface area contributed by atoms with Crippen molar-refractivity contribution in [3.63, 3.8) is 0 Å². The Hall–Kier alpha value is -1.58. The first-order valence-electron chi connectivity index (χ1n) is 5.39. The monoisotopic (exact) mass is 225 g/mol. The van der Waals surface area contributed by atoms with Crippen LogP contribution >= 0.6 is 0 Å². The number of hydrogen-bond donors (Lipinski definition) is 0. The van der Waals surface area contributed by atoms with Crippen LogP contribution in [0.15, 0.2) is 24.3 Å². The first-order valence-corrected chi connectivity index (χ1v) is 5.39. The lowest BCUT2D eigenvalue weighted by Gasteiger charge is -2.17. The van der Waals surface area contributed by atoms with E-state index in [4.69, 9.17) is 4.74 Å². The Morgan fingerprint density at radius 2 is 1.94 bits per heavy atom. The summed E-state index contributed by atoms with van der Waals surface area (Å²) in [5.74, 6) is -0.564. The zero-order valence-electron chi connectivity index (χ0n) is 10.1. The number of likely N-dealkylation sites (N-methyl/N-ethyl adjacent to an activating group) is 1. The van der Waals surface area contributed by atoms with Gasteiger partial charge in [0.05, 0.1) is 6.61 Å². The van der Waals surface area contributed by atoms with E-state index < -0.39 is 0 Å². The number of nitrogens with zero attached hydrogens (tertiary/aromatic N) is 1. The van der Waals surface area contributed by atoms with Crippen molar-refractivity contribution in [2.45, 2.75) is 20.8 Å². The SMILES string of the molecule is C/C=C/C=C/C(=O)N(CC)CC(=O)OCC. The minimum atomic E-state index is -0.378. The van der Waals surface area contributed by atoms with Crippen LogP contribution in [-0.4, -0.2) is 36.5 Å². The highest BCUT2D eigenvalue weighted by atomic mass is 16.5. The lowest BCUT2D eigenvalue weighted by Crippen LogP contribution is -2.35. The van der Waals surface area contributed by atoms with Crippen molar-refractivity contribution in [2.24, 2.45) is 0 Å². The minimum absolute atomic E-state index is 0.00333. The lowest BCUT2D eigenvalue weighted by molar-refractivity contribution is -0.147. The molecule has 0 aromatic carbocycles. The second kappa shape index (κ2) is 8.71. The molecule has 90 valence electrons. The first kappa shape index (κ1) is 14.4. The van der Waals surface area contributed by atoms with E-state index in [2.05, 4.69) is 0 Å². The molecule has 0 spiro atoms. The molecule has 0 aliphatic rings. The van der Waals surface area contributed by atoms with Gasteiger partial charge in [-0.25, -0.2) is 0 Å². The van der Waals surface area contributed by atoms with Crippen LogP contribution in [-0.2, 0) is 14.3 Å². The van der Waals surface area contributed by atoms with Crippen molar-refractivity contribution in [3.8, 4) is 0 Å². The first-order chi connectivity index (χ1) is 7.65. The second-order valence-electron chi connectivity index (χ2n) is 3.04. The fourth-order valence-electron chi connectivity index (χ4n) is 1.06. The lowest BCUT2D eigenvalue weighted by atomic mass is 10.4. The quantitative estimate of drug-likeness (QED) is 0.391. The third-order valence-corrected chi connectivity index (χ3v) is 1.86. The number of allylic oxidation sites excluding steroid dienone is 3. The van der Waals surface area contributed by atoms with Gasteiger partial charge in [-0.3, -0.25) is 9.59 Å². The third kappa shape index (κ3) is 6.01. The summed E-state index contributed by atoms with van der Waals surface area (Å²) in [6.07, 6.45) is 6.67. The number of esters is 1. The average molecular weight is 225 g/mol. The van der Waals surface area contributed by atoms with Gasteiger partial charge < -0.3 is 9.64 Å². The maximum Gasteiger partial charge on any atom is 0.325 e. The molecule has 0 aromatic heterocycles. The van der Waals surface area contributed by atoms with E-state index in [1.165, 1.54) is 11.0 Å². The highest BCUT2D eigenvalue weighted by molar-refractivity contribution is 5.90. The summed E-state index contributed by atoms with van der Waals surface area (Å²) in [6, 6.07) is 0. The largest absolute Gasteiger partial charge is 0.465 e. The Morgan fingerprint density at radius 1 is 1.25 bits per heavy atom. The molecular formula is C12H19NO3. The van der Waals surface area contributed by atoms with Crippen molar-refractivity contribution in [2.75, 3.05) is 19.7 Å². The van der Waals surface area contributed by atoms with Crippen molar-refractivity contribution >= 4 is 11.9 Å². The van der Waals surface area contributed by atoms with Gasteiger partial charge in [0, 0.05) is 12.6 Å². The zero-order chi connectivity index (χ0) is 12.4. The van der Waals surface area contributed by atoms with Crippen molar-refractivity contribution in [3.05, 3.63) is 24.3 Å². The topological polar surface area (TPSA) is 46.6 Å². The van der Waals surface area contributed by atoms with Gasteiger partial charge in [0.2, 0.25) is 5.91 Å². The Morgan fingerprint density at radius 3 is 2.44 bits per heavy atom. The van der Waals surface area contributed by atoms with Crippen LogP contribution in [0.3, 0.4) is 0 Å². The zero-order valence-corrected chi connectivity index (χ0v) is 10.1. The summed E-state index contributed by atoms with van der Waals surface area (Å²) in [4.78, 5) is 24.2.